The van der Waals surface area contributed by atoms with E-state index in [1.807, 2.05) is 30.3 Å². The maximum absolute atomic E-state index is 12.0. The van der Waals surface area contributed by atoms with E-state index in [0.29, 0.717) is 27.6 Å². The molecule has 20 heavy (non-hydrogen) atoms. The van der Waals surface area contributed by atoms with Crippen molar-refractivity contribution in [1.82, 2.24) is 0 Å². The summed E-state index contributed by atoms with van der Waals surface area (Å²) in [6.45, 7) is 0. The summed E-state index contributed by atoms with van der Waals surface area (Å²) in [7, 11) is 0. The molecule has 0 unspecified atom stereocenters. The van der Waals surface area contributed by atoms with Crippen molar-refractivity contribution in [3.05, 3.63) is 80.1 Å². The molecule has 0 aliphatic carbocycles. The summed E-state index contributed by atoms with van der Waals surface area (Å²) in [5.41, 5.74) is 1.64. The predicted molar refractivity (Wildman–Crippen MR) is 81.8 cm³/mol. The minimum atomic E-state index is -0.370. The van der Waals surface area contributed by atoms with Gasteiger partial charge in [-0.2, -0.15) is 0 Å². The summed E-state index contributed by atoms with van der Waals surface area (Å²) in [6, 6.07) is 14.8. The molecule has 0 spiro atoms. The number of halogens is 2. The van der Waals surface area contributed by atoms with E-state index in [1.54, 1.807) is 18.2 Å². The van der Waals surface area contributed by atoms with Crippen molar-refractivity contribution in [3.8, 4) is 0 Å². The van der Waals surface area contributed by atoms with Crippen LogP contribution in [0, 0.1) is 0 Å². The van der Waals surface area contributed by atoms with Crippen molar-refractivity contribution in [2.45, 2.75) is 6.42 Å². The number of rotatable bonds is 2. The van der Waals surface area contributed by atoms with Crippen LogP contribution in [-0.4, -0.2) is 0 Å². The zero-order valence-electron chi connectivity index (χ0n) is 10.4. The van der Waals surface area contributed by atoms with E-state index in [2.05, 4.69) is 0 Å². The quantitative estimate of drug-likeness (QED) is 0.643. The molecule has 1 aromatic heterocycles. The van der Waals surface area contributed by atoms with Crippen LogP contribution >= 0.6 is 23.2 Å². The maximum Gasteiger partial charge on any atom is 0.339 e. The van der Waals surface area contributed by atoms with Gasteiger partial charge < -0.3 is 4.42 Å². The fraction of sp³-hybridized carbons (Fsp3) is 0.0625. The van der Waals surface area contributed by atoms with Crippen LogP contribution in [0.15, 0.2) is 57.7 Å². The molecule has 0 aliphatic heterocycles. The fourth-order valence-corrected chi connectivity index (χ4v) is 2.69. The summed E-state index contributed by atoms with van der Waals surface area (Å²) >= 11 is 12.0. The topological polar surface area (TPSA) is 30.2 Å². The van der Waals surface area contributed by atoms with Crippen molar-refractivity contribution < 1.29 is 4.42 Å². The van der Waals surface area contributed by atoms with Gasteiger partial charge in [0.2, 0.25) is 0 Å². The van der Waals surface area contributed by atoms with E-state index in [-0.39, 0.29) is 5.63 Å². The minimum Gasteiger partial charge on any atom is -0.421 e. The molecule has 0 N–H and O–H groups in total. The highest BCUT2D eigenvalue weighted by molar-refractivity contribution is 6.38. The molecular weight excluding hydrogens is 295 g/mol. The minimum absolute atomic E-state index is 0.343. The highest BCUT2D eigenvalue weighted by atomic mass is 35.5. The van der Waals surface area contributed by atoms with Crippen LogP contribution in [0.4, 0.5) is 0 Å². The first-order valence-corrected chi connectivity index (χ1v) is 6.85. The Bertz CT molecular complexity index is 823. The molecule has 2 nitrogen and oxygen atoms in total. The molecule has 1 heterocycles. The van der Waals surface area contributed by atoms with Crippen LogP contribution in [0.2, 0.25) is 10.0 Å². The molecule has 0 saturated heterocycles. The van der Waals surface area contributed by atoms with E-state index in [0.717, 1.165) is 10.9 Å². The van der Waals surface area contributed by atoms with E-state index >= 15 is 0 Å². The molecule has 0 fully saturated rings. The van der Waals surface area contributed by atoms with Crippen LogP contribution in [0.25, 0.3) is 11.0 Å². The van der Waals surface area contributed by atoms with Gasteiger partial charge >= 0.3 is 5.63 Å². The molecule has 0 bridgehead atoms. The van der Waals surface area contributed by atoms with Crippen LogP contribution < -0.4 is 5.63 Å². The first kappa shape index (κ1) is 13.2. The number of benzene rings is 2. The van der Waals surface area contributed by atoms with Gasteiger partial charge in [-0.3, -0.25) is 0 Å². The monoisotopic (exact) mass is 304 g/mol. The van der Waals surface area contributed by atoms with Gasteiger partial charge in [0.25, 0.3) is 0 Å². The van der Waals surface area contributed by atoms with Gasteiger partial charge in [0, 0.05) is 22.4 Å². The Balaban J connectivity index is 2.13. The summed E-state index contributed by atoms with van der Waals surface area (Å²) in [4.78, 5) is 12.0. The van der Waals surface area contributed by atoms with Gasteiger partial charge in [-0.1, -0.05) is 53.5 Å². The fourth-order valence-electron chi connectivity index (χ4n) is 2.14. The molecule has 0 atom stereocenters. The lowest BCUT2D eigenvalue weighted by Gasteiger charge is -2.04. The second-order valence-corrected chi connectivity index (χ2v) is 5.37. The average Bonchev–Trinajstić information content (AvgIpc) is 2.42. The smallest absolute Gasteiger partial charge is 0.339 e. The second kappa shape index (κ2) is 5.31. The van der Waals surface area contributed by atoms with Gasteiger partial charge in [0.15, 0.2) is 5.58 Å². The Kier molecular flexibility index (Phi) is 3.51. The molecule has 0 saturated carbocycles. The third kappa shape index (κ3) is 2.58. The van der Waals surface area contributed by atoms with Crippen molar-refractivity contribution in [1.29, 1.82) is 0 Å². The van der Waals surface area contributed by atoms with E-state index in [4.69, 9.17) is 27.6 Å². The zero-order chi connectivity index (χ0) is 14.1. The molecule has 0 aliphatic rings. The third-order valence-corrected chi connectivity index (χ3v) is 3.56. The van der Waals surface area contributed by atoms with Crippen LogP contribution in [0.3, 0.4) is 0 Å². The summed E-state index contributed by atoms with van der Waals surface area (Å²) in [5.74, 6) is 0. The first-order chi connectivity index (χ1) is 9.63. The standard InChI is InChI=1S/C16H10Cl2O2/c17-13-8-11-7-12(6-10-4-2-1-3-5-10)16(19)20-15(11)14(18)9-13/h1-5,7-9H,6H2. The van der Waals surface area contributed by atoms with E-state index in [1.165, 1.54) is 0 Å². The summed E-state index contributed by atoms with van der Waals surface area (Å²) in [6.07, 6.45) is 0.517. The van der Waals surface area contributed by atoms with Gasteiger partial charge in [0.05, 0.1) is 5.02 Å². The Morgan fingerprint density at radius 2 is 1.75 bits per heavy atom. The molecule has 100 valence electrons. The van der Waals surface area contributed by atoms with E-state index < -0.39 is 0 Å². The summed E-state index contributed by atoms with van der Waals surface area (Å²) < 4.78 is 5.30. The molecule has 0 radical (unpaired) electrons. The lowest BCUT2D eigenvalue weighted by atomic mass is 10.1. The summed E-state index contributed by atoms with van der Waals surface area (Å²) in [5, 5.41) is 1.59. The second-order valence-electron chi connectivity index (χ2n) is 4.53. The first-order valence-electron chi connectivity index (χ1n) is 6.09. The third-order valence-electron chi connectivity index (χ3n) is 3.06. The Morgan fingerprint density at radius 1 is 1.00 bits per heavy atom. The Labute approximate surface area is 125 Å². The normalized spacial score (nSPS) is 10.9. The number of hydrogen-bond donors (Lipinski definition) is 0. The van der Waals surface area contributed by atoms with Gasteiger partial charge in [-0.25, -0.2) is 4.79 Å². The predicted octanol–water partition coefficient (Wildman–Crippen LogP) is 4.69. The van der Waals surface area contributed by atoms with Crippen LogP contribution in [-0.2, 0) is 6.42 Å². The van der Waals surface area contributed by atoms with Crippen LogP contribution in [0.1, 0.15) is 11.1 Å². The highest BCUT2D eigenvalue weighted by Gasteiger charge is 2.10. The largest absolute Gasteiger partial charge is 0.421 e. The lowest BCUT2D eigenvalue weighted by molar-refractivity contribution is 0.552. The molecular formula is C16H10Cl2O2. The Hall–Kier alpha value is -1.77. The molecule has 3 aromatic rings. The Morgan fingerprint density at radius 3 is 2.50 bits per heavy atom. The van der Waals surface area contributed by atoms with Crippen molar-refractivity contribution in [3.63, 3.8) is 0 Å². The van der Waals surface area contributed by atoms with Crippen molar-refractivity contribution >= 4 is 34.2 Å². The highest BCUT2D eigenvalue weighted by Crippen LogP contribution is 2.27. The van der Waals surface area contributed by atoms with Gasteiger partial charge in [-0.15, -0.1) is 0 Å². The van der Waals surface area contributed by atoms with Crippen molar-refractivity contribution in [2.75, 3.05) is 0 Å². The number of fused-ring (bicyclic) bond motifs is 1. The zero-order valence-corrected chi connectivity index (χ0v) is 11.9. The lowest BCUT2D eigenvalue weighted by Crippen LogP contribution is -2.07. The molecule has 2 aromatic carbocycles. The van der Waals surface area contributed by atoms with Crippen LogP contribution in [0.5, 0.6) is 0 Å². The van der Waals surface area contributed by atoms with Crippen molar-refractivity contribution in [2.24, 2.45) is 0 Å². The van der Waals surface area contributed by atoms with Gasteiger partial charge in [-0.05, 0) is 23.8 Å². The maximum atomic E-state index is 12.0. The molecule has 0 amide bonds. The SMILES string of the molecule is O=c1oc2c(Cl)cc(Cl)cc2cc1Cc1ccccc1. The number of hydrogen-bond acceptors (Lipinski definition) is 2. The van der Waals surface area contributed by atoms with Gasteiger partial charge in [0.1, 0.15) is 0 Å². The van der Waals surface area contributed by atoms with E-state index in [9.17, 15) is 4.79 Å². The molecule has 4 heteroatoms. The average molecular weight is 305 g/mol. The molecule has 3 rings (SSSR count).